The molecule has 0 aromatic heterocycles. The highest BCUT2D eigenvalue weighted by Crippen LogP contribution is 2.29. The van der Waals surface area contributed by atoms with E-state index in [0.29, 0.717) is 16.8 Å². The highest BCUT2D eigenvalue weighted by atomic mass is 19.4. The zero-order valence-corrected chi connectivity index (χ0v) is 11.9. The maximum atomic E-state index is 12.5. The van der Waals surface area contributed by atoms with Gasteiger partial charge in [0.2, 0.25) is 0 Å². The molecule has 120 valence electrons. The molecule has 0 saturated carbocycles. The summed E-state index contributed by atoms with van der Waals surface area (Å²) in [5.41, 5.74) is 17.7. The second-order valence-corrected chi connectivity index (χ2v) is 4.67. The van der Waals surface area contributed by atoms with Gasteiger partial charge in [0.05, 0.1) is 5.56 Å². The fourth-order valence-corrected chi connectivity index (χ4v) is 1.75. The van der Waals surface area contributed by atoms with Crippen molar-refractivity contribution in [2.75, 3.05) is 5.73 Å². The normalized spacial score (nSPS) is 13.2. The van der Waals surface area contributed by atoms with Gasteiger partial charge in [0.15, 0.2) is 11.7 Å². The molecule has 6 N–H and O–H groups in total. The maximum Gasteiger partial charge on any atom is 0.416 e. The van der Waals surface area contributed by atoms with Crippen molar-refractivity contribution in [2.24, 2.45) is 21.7 Å². The number of halogens is 3. The molecule has 8 heteroatoms. The van der Waals surface area contributed by atoms with Gasteiger partial charge in [0, 0.05) is 16.8 Å². The van der Waals surface area contributed by atoms with E-state index in [0.717, 1.165) is 12.1 Å². The minimum atomic E-state index is -4.40. The molecule has 0 fully saturated rings. The number of rotatable bonds is 3. The first-order chi connectivity index (χ1) is 10.8. The van der Waals surface area contributed by atoms with Gasteiger partial charge in [-0.3, -0.25) is 0 Å². The van der Waals surface area contributed by atoms with Crippen LogP contribution in [0.1, 0.15) is 16.7 Å². The first-order valence-electron chi connectivity index (χ1n) is 6.47. The number of benzene rings is 2. The number of nitrogens with zero attached hydrogens (tertiary/aromatic N) is 2. The van der Waals surface area contributed by atoms with Crippen LogP contribution in [0.5, 0.6) is 0 Å². The lowest BCUT2D eigenvalue weighted by Crippen LogP contribution is -2.16. The van der Waals surface area contributed by atoms with Crippen LogP contribution in [0, 0.1) is 0 Å². The Bertz CT molecular complexity index is 748. The molecular weight excluding hydrogens is 307 g/mol. The van der Waals surface area contributed by atoms with Crippen LogP contribution in [0.15, 0.2) is 58.7 Å². The van der Waals surface area contributed by atoms with E-state index >= 15 is 0 Å². The first-order valence-corrected chi connectivity index (χ1v) is 6.47. The maximum absolute atomic E-state index is 12.5. The largest absolute Gasteiger partial charge is 0.416 e. The highest BCUT2D eigenvalue weighted by Gasteiger charge is 2.30. The van der Waals surface area contributed by atoms with Crippen molar-refractivity contribution in [3.8, 4) is 0 Å². The van der Waals surface area contributed by atoms with E-state index in [4.69, 9.17) is 17.2 Å². The zero-order chi connectivity index (χ0) is 17.0. The van der Waals surface area contributed by atoms with Gasteiger partial charge in [-0.15, -0.1) is 10.2 Å². The predicted octanol–water partition coefficient (Wildman–Crippen LogP) is 2.31. The van der Waals surface area contributed by atoms with E-state index in [1.165, 1.54) is 12.1 Å². The average molecular weight is 321 g/mol. The Morgan fingerprint density at radius 3 is 1.91 bits per heavy atom. The summed E-state index contributed by atoms with van der Waals surface area (Å²) in [5.74, 6) is 0.0396. The Morgan fingerprint density at radius 2 is 1.39 bits per heavy atom. The Balaban J connectivity index is 2.21. The van der Waals surface area contributed by atoms with Gasteiger partial charge in [0.1, 0.15) is 0 Å². The van der Waals surface area contributed by atoms with Crippen LogP contribution < -0.4 is 17.2 Å². The monoisotopic (exact) mass is 321 g/mol. The molecule has 0 aliphatic rings. The van der Waals surface area contributed by atoms with Crippen LogP contribution in [0.25, 0.3) is 0 Å². The quantitative estimate of drug-likeness (QED) is 0.350. The number of alkyl halides is 3. The van der Waals surface area contributed by atoms with Crippen molar-refractivity contribution in [2.45, 2.75) is 6.18 Å². The molecule has 2 aromatic rings. The topological polar surface area (TPSA) is 103 Å². The summed E-state index contributed by atoms with van der Waals surface area (Å²) in [7, 11) is 0. The van der Waals surface area contributed by atoms with E-state index in [1.54, 1.807) is 24.3 Å². The molecule has 2 aromatic carbocycles. The molecule has 0 bridgehead atoms. The highest BCUT2D eigenvalue weighted by molar-refractivity contribution is 6.00. The first kappa shape index (κ1) is 16.3. The number of hydrogen-bond acceptors (Lipinski definition) is 3. The van der Waals surface area contributed by atoms with Crippen LogP contribution in [0.4, 0.5) is 18.9 Å². The molecule has 0 heterocycles. The molecule has 0 spiro atoms. The van der Waals surface area contributed by atoms with Crippen LogP contribution in [-0.4, -0.2) is 11.7 Å². The smallest absolute Gasteiger partial charge is 0.399 e. The van der Waals surface area contributed by atoms with Crippen molar-refractivity contribution in [1.82, 2.24) is 0 Å². The molecule has 0 amide bonds. The van der Waals surface area contributed by atoms with Crippen molar-refractivity contribution < 1.29 is 13.2 Å². The second-order valence-electron chi connectivity index (χ2n) is 4.67. The summed E-state index contributed by atoms with van der Waals surface area (Å²) < 4.78 is 37.5. The van der Waals surface area contributed by atoms with E-state index in [1.807, 2.05) is 0 Å². The third kappa shape index (κ3) is 4.22. The van der Waals surface area contributed by atoms with E-state index < -0.39 is 11.7 Å². The minimum absolute atomic E-state index is 0.0504. The summed E-state index contributed by atoms with van der Waals surface area (Å²) in [4.78, 5) is 0. The summed E-state index contributed by atoms with van der Waals surface area (Å²) >= 11 is 0. The molecule has 0 unspecified atom stereocenters. The summed E-state index contributed by atoms with van der Waals surface area (Å²) in [6, 6.07) is 11.0. The lowest BCUT2D eigenvalue weighted by Gasteiger charge is -2.07. The molecular formula is C15H14F3N5. The fourth-order valence-electron chi connectivity index (χ4n) is 1.75. The van der Waals surface area contributed by atoms with Gasteiger partial charge in [-0.2, -0.15) is 13.2 Å². The molecule has 23 heavy (non-hydrogen) atoms. The average Bonchev–Trinajstić information content (AvgIpc) is 2.51. The molecule has 0 atom stereocenters. The number of amidine groups is 2. The third-order valence-electron chi connectivity index (χ3n) is 2.96. The lowest BCUT2D eigenvalue weighted by molar-refractivity contribution is -0.137. The summed E-state index contributed by atoms with van der Waals surface area (Å²) in [5, 5.41) is 7.49. The van der Waals surface area contributed by atoms with Crippen molar-refractivity contribution in [3.63, 3.8) is 0 Å². The van der Waals surface area contributed by atoms with Crippen molar-refractivity contribution in [1.29, 1.82) is 0 Å². The fraction of sp³-hybridized carbons (Fsp3) is 0.0667. The number of anilines is 1. The number of hydrogen-bond donors (Lipinski definition) is 3. The second kappa shape index (κ2) is 6.39. The number of nitrogen functional groups attached to an aromatic ring is 1. The van der Waals surface area contributed by atoms with E-state index in [2.05, 4.69) is 10.2 Å². The summed E-state index contributed by atoms with van der Waals surface area (Å²) in [6.45, 7) is 0. The van der Waals surface area contributed by atoms with Crippen LogP contribution in [0.3, 0.4) is 0 Å². The van der Waals surface area contributed by atoms with Gasteiger partial charge in [-0.05, 0) is 24.3 Å². The standard InChI is InChI=1S/C15H14F3N5/c16-15(17,18)11-6-4-9(5-7-11)13(20)22-23-14(21)10-2-1-3-12(19)8-10/h1-8H,19H2,(H2,20,22)(H2,21,23). The Hall–Kier alpha value is -3.03. The van der Waals surface area contributed by atoms with Gasteiger partial charge >= 0.3 is 6.18 Å². The number of nitrogens with two attached hydrogens (primary N) is 3. The SMILES string of the molecule is N/C(=N\N=C(/N)c1cccc(N)c1)c1ccc(C(F)(F)F)cc1. The van der Waals surface area contributed by atoms with Gasteiger partial charge in [-0.1, -0.05) is 24.3 Å². The molecule has 5 nitrogen and oxygen atoms in total. The van der Waals surface area contributed by atoms with Crippen molar-refractivity contribution >= 4 is 17.4 Å². The van der Waals surface area contributed by atoms with Crippen LogP contribution in [0.2, 0.25) is 0 Å². The minimum Gasteiger partial charge on any atom is -0.399 e. The van der Waals surface area contributed by atoms with Crippen LogP contribution in [-0.2, 0) is 6.18 Å². The zero-order valence-electron chi connectivity index (χ0n) is 11.9. The van der Waals surface area contributed by atoms with E-state index in [9.17, 15) is 13.2 Å². The lowest BCUT2D eigenvalue weighted by atomic mass is 10.1. The summed E-state index contributed by atoms with van der Waals surface area (Å²) in [6.07, 6.45) is -4.40. The van der Waals surface area contributed by atoms with Crippen LogP contribution >= 0.6 is 0 Å². The van der Waals surface area contributed by atoms with Gasteiger partial charge < -0.3 is 17.2 Å². The molecule has 0 radical (unpaired) electrons. The predicted molar refractivity (Wildman–Crippen MR) is 83.7 cm³/mol. The molecule has 0 aliphatic carbocycles. The van der Waals surface area contributed by atoms with Crippen molar-refractivity contribution in [3.05, 3.63) is 65.2 Å². The Labute approximate surface area is 130 Å². The Morgan fingerprint density at radius 1 is 0.826 bits per heavy atom. The Kier molecular flexibility index (Phi) is 4.54. The van der Waals surface area contributed by atoms with Gasteiger partial charge in [0.25, 0.3) is 0 Å². The molecule has 0 saturated heterocycles. The molecule has 0 aliphatic heterocycles. The van der Waals surface area contributed by atoms with E-state index in [-0.39, 0.29) is 11.7 Å². The third-order valence-corrected chi connectivity index (χ3v) is 2.96. The molecule has 2 rings (SSSR count). The van der Waals surface area contributed by atoms with Gasteiger partial charge in [-0.25, -0.2) is 0 Å².